The van der Waals surface area contributed by atoms with Crippen LogP contribution in [0.2, 0.25) is 0 Å². The summed E-state index contributed by atoms with van der Waals surface area (Å²) >= 11 is 0. The summed E-state index contributed by atoms with van der Waals surface area (Å²) < 4.78 is 36.1. The molecule has 0 bridgehead atoms. The van der Waals surface area contributed by atoms with E-state index in [9.17, 15) is 8.42 Å². The van der Waals surface area contributed by atoms with Gasteiger partial charge in [0.05, 0.1) is 19.3 Å². The number of rotatable bonds is 18. The number of unbranched alkanes of at least 4 members (excludes halogenated alkanes) is 13. The number of nitrogens with one attached hydrogen (secondary N) is 1. The predicted octanol–water partition coefficient (Wildman–Crippen LogP) is 5.60. The Morgan fingerprint density at radius 1 is 0.867 bits per heavy atom. The minimum Gasteiger partial charge on any atom is -0.376 e. The summed E-state index contributed by atoms with van der Waals surface area (Å²) in [4.78, 5) is 3.86. The molecule has 1 heterocycles. The van der Waals surface area contributed by atoms with E-state index in [0.29, 0.717) is 6.10 Å². The van der Waals surface area contributed by atoms with Crippen LogP contribution >= 0.6 is 0 Å². The maximum absolute atomic E-state index is 9.60. The number of hydrogen-bond acceptors (Lipinski definition) is 6. The van der Waals surface area contributed by atoms with Gasteiger partial charge in [-0.15, -0.1) is 0 Å². The highest BCUT2D eigenvalue weighted by Gasteiger charge is 2.11. The van der Waals surface area contributed by atoms with Crippen LogP contribution in [-0.2, 0) is 24.4 Å². The first kappa shape index (κ1) is 29.8. The third-order valence-electron chi connectivity index (χ3n) is 5.14. The average Bonchev–Trinajstić information content (AvgIpc) is 2.73. The molecule has 0 aromatic heterocycles. The van der Waals surface area contributed by atoms with Crippen LogP contribution in [-0.4, -0.2) is 45.4 Å². The van der Waals surface area contributed by atoms with Gasteiger partial charge in [0, 0.05) is 13.1 Å². The Bertz CT molecular complexity index is 441. The summed E-state index contributed by atoms with van der Waals surface area (Å²) in [6, 6.07) is 0. The first-order valence-corrected chi connectivity index (χ1v) is 13.5. The van der Waals surface area contributed by atoms with E-state index in [4.69, 9.17) is 9.29 Å². The molecule has 0 aromatic rings. The van der Waals surface area contributed by atoms with Crippen LogP contribution in [0, 0.1) is 0 Å². The highest BCUT2D eigenvalue weighted by Crippen LogP contribution is 2.14. The lowest BCUT2D eigenvalue weighted by Gasteiger charge is -2.23. The van der Waals surface area contributed by atoms with Gasteiger partial charge in [-0.25, -0.2) is 4.89 Å². The summed E-state index contributed by atoms with van der Waals surface area (Å²) in [5, 5.41) is 3.41. The second kappa shape index (κ2) is 22.0. The fourth-order valence-electron chi connectivity index (χ4n) is 3.48. The van der Waals surface area contributed by atoms with Gasteiger partial charge in [0.2, 0.25) is 0 Å². The zero-order valence-electron chi connectivity index (χ0n) is 19.4. The van der Waals surface area contributed by atoms with Crippen molar-refractivity contribution in [2.45, 2.75) is 116 Å². The van der Waals surface area contributed by atoms with Crippen molar-refractivity contribution in [2.24, 2.45) is 0 Å². The van der Waals surface area contributed by atoms with Crippen molar-refractivity contribution < 1.29 is 26.9 Å². The molecule has 1 atom stereocenters. The monoisotopic (exact) mass is 453 g/mol. The molecule has 1 aliphatic rings. The predicted molar refractivity (Wildman–Crippen MR) is 122 cm³/mol. The number of morpholine rings is 1. The Kier molecular flexibility index (Phi) is 21.8. The van der Waals surface area contributed by atoms with Crippen molar-refractivity contribution >= 4 is 10.4 Å². The average molecular weight is 454 g/mol. The zero-order chi connectivity index (χ0) is 22.3. The topological polar surface area (TPSA) is 94.1 Å². The molecule has 0 saturated carbocycles. The van der Waals surface area contributed by atoms with Gasteiger partial charge in [0.15, 0.2) is 0 Å². The molecule has 8 heteroatoms. The Morgan fingerprint density at radius 2 is 1.37 bits per heavy atom. The first-order chi connectivity index (χ1) is 14.5. The molecule has 0 aliphatic carbocycles. The molecular weight excluding hydrogens is 406 g/mol. The van der Waals surface area contributed by atoms with Crippen molar-refractivity contribution in [2.75, 3.05) is 26.3 Å². The lowest BCUT2D eigenvalue weighted by Crippen LogP contribution is -2.38. The summed E-state index contributed by atoms with van der Waals surface area (Å²) in [5.41, 5.74) is 0. The van der Waals surface area contributed by atoms with E-state index in [1.54, 1.807) is 0 Å². The van der Waals surface area contributed by atoms with Gasteiger partial charge in [-0.3, -0.25) is 4.55 Å². The summed E-state index contributed by atoms with van der Waals surface area (Å²) in [7, 11) is -4.41. The van der Waals surface area contributed by atoms with E-state index in [2.05, 4.69) is 21.5 Å². The van der Waals surface area contributed by atoms with E-state index >= 15 is 0 Å². The van der Waals surface area contributed by atoms with E-state index in [0.717, 1.165) is 19.7 Å². The van der Waals surface area contributed by atoms with Crippen LogP contribution in [0.25, 0.3) is 0 Å². The third-order valence-corrected chi connectivity index (χ3v) is 5.40. The second-order valence-electron chi connectivity index (χ2n) is 7.98. The molecule has 1 unspecified atom stereocenters. The molecule has 182 valence electrons. The Morgan fingerprint density at radius 3 is 1.73 bits per heavy atom. The van der Waals surface area contributed by atoms with Crippen LogP contribution in [0.1, 0.15) is 110 Å². The van der Waals surface area contributed by atoms with Gasteiger partial charge < -0.3 is 10.1 Å². The third kappa shape index (κ3) is 24.0. The Labute approximate surface area is 185 Å². The van der Waals surface area contributed by atoms with Crippen molar-refractivity contribution in [1.29, 1.82) is 0 Å². The van der Waals surface area contributed by atoms with E-state index in [-0.39, 0.29) is 6.61 Å². The standard InChI is InChI=1S/C20H41NO.C2H6O5S/c1-2-3-4-5-6-7-8-9-10-11-12-13-14-15-16-20-19-21-17-18-22-20;1-2-6-7-8(3,4)5/h20-21H,2-19H2,1H3;2H2,1H3,(H,3,4,5). The highest BCUT2D eigenvalue weighted by molar-refractivity contribution is 7.80. The maximum Gasteiger partial charge on any atom is 0.424 e. The molecule has 7 nitrogen and oxygen atoms in total. The van der Waals surface area contributed by atoms with Gasteiger partial charge in [0.25, 0.3) is 0 Å². The Hall–Kier alpha value is -0.250. The van der Waals surface area contributed by atoms with E-state index in [1.807, 2.05) is 0 Å². The first-order valence-electron chi connectivity index (χ1n) is 12.1. The Balaban J connectivity index is 0.000000890. The van der Waals surface area contributed by atoms with E-state index in [1.165, 1.54) is 103 Å². The number of ether oxygens (including phenoxy) is 1. The summed E-state index contributed by atoms with van der Waals surface area (Å²) in [6.07, 6.45) is 21.9. The second-order valence-corrected chi connectivity index (χ2v) is 8.98. The molecule has 1 aliphatic heterocycles. The van der Waals surface area contributed by atoms with Crippen molar-refractivity contribution in [3.8, 4) is 0 Å². The van der Waals surface area contributed by atoms with Crippen LogP contribution in [0.3, 0.4) is 0 Å². The van der Waals surface area contributed by atoms with Crippen molar-refractivity contribution in [3.05, 3.63) is 0 Å². The van der Waals surface area contributed by atoms with Crippen molar-refractivity contribution in [1.82, 2.24) is 5.32 Å². The van der Waals surface area contributed by atoms with E-state index < -0.39 is 10.4 Å². The number of hydrogen-bond donors (Lipinski definition) is 2. The lowest BCUT2D eigenvalue weighted by molar-refractivity contribution is -0.203. The molecule has 2 N–H and O–H groups in total. The SMILES string of the molecule is CCCCCCCCCCCCCCCCC1CNCCO1.CCOOS(=O)(=O)O. The molecule has 0 aromatic carbocycles. The van der Waals surface area contributed by atoms with Crippen LogP contribution < -0.4 is 5.32 Å². The highest BCUT2D eigenvalue weighted by atomic mass is 32.3. The molecule has 1 saturated heterocycles. The van der Waals surface area contributed by atoms with Gasteiger partial charge in [0.1, 0.15) is 0 Å². The molecule has 0 amide bonds. The fourth-order valence-corrected chi connectivity index (χ4v) is 3.70. The van der Waals surface area contributed by atoms with Crippen LogP contribution in [0.4, 0.5) is 0 Å². The van der Waals surface area contributed by atoms with Gasteiger partial charge in [-0.05, 0) is 13.3 Å². The normalized spacial score (nSPS) is 16.8. The van der Waals surface area contributed by atoms with Crippen molar-refractivity contribution in [3.63, 3.8) is 0 Å². The largest absolute Gasteiger partial charge is 0.424 e. The molecule has 1 fully saturated rings. The van der Waals surface area contributed by atoms with Crippen LogP contribution in [0.5, 0.6) is 0 Å². The summed E-state index contributed by atoms with van der Waals surface area (Å²) in [6.45, 7) is 6.89. The summed E-state index contributed by atoms with van der Waals surface area (Å²) in [5.74, 6) is 0. The maximum atomic E-state index is 9.60. The molecule has 0 spiro atoms. The van der Waals surface area contributed by atoms with Crippen LogP contribution in [0.15, 0.2) is 0 Å². The smallest absolute Gasteiger partial charge is 0.376 e. The molecule has 0 radical (unpaired) electrons. The molecule has 30 heavy (non-hydrogen) atoms. The minimum atomic E-state index is -4.41. The molecular formula is C22H47NO6S. The fraction of sp³-hybridized carbons (Fsp3) is 1.00. The quantitative estimate of drug-likeness (QED) is 0.121. The van der Waals surface area contributed by atoms with Gasteiger partial charge >= 0.3 is 10.4 Å². The minimum absolute atomic E-state index is 0.0692. The zero-order valence-corrected chi connectivity index (χ0v) is 20.2. The molecule has 1 rings (SSSR count). The van der Waals surface area contributed by atoms with Gasteiger partial charge in [-0.1, -0.05) is 101 Å². The van der Waals surface area contributed by atoms with Gasteiger partial charge in [-0.2, -0.15) is 8.42 Å². The lowest BCUT2D eigenvalue weighted by atomic mass is 10.0.